The van der Waals surface area contributed by atoms with Crippen LogP contribution >= 0.6 is 22.6 Å². The van der Waals surface area contributed by atoms with Crippen LogP contribution in [0.3, 0.4) is 0 Å². The summed E-state index contributed by atoms with van der Waals surface area (Å²) in [7, 11) is 0. The fraction of sp³-hybridized carbons (Fsp3) is 0.593. The summed E-state index contributed by atoms with van der Waals surface area (Å²) in [5.41, 5.74) is 3.85. The lowest BCUT2D eigenvalue weighted by atomic mass is 9.70. The van der Waals surface area contributed by atoms with E-state index in [4.69, 9.17) is 9.72 Å². The van der Waals surface area contributed by atoms with E-state index in [1.165, 1.54) is 12.1 Å². The molecule has 0 bridgehead atoms. The predicted octanol–water partition coefficient (Wildman–Crippen LogP) is 6.90. The van der Waals surface area contributed by atoms with Crippen molar-refractivity contribution >= 4 is 22.6 Å². The van der Waals surface area contributed by atoms with E-state index in [9.17, 15) is 18.3 Å². The molecule has 5 rings (SSSR count). The monoisotopic (exact) mass is 584 g/mol. The summed E-state index contributed by atoms with van der Waals surface area (Å²) in [6.45, 7) is 8.42. The molecule has 0 N–H and O–H groups in total. The third-order valence-corrected chi connectivity index (χ3v) is 9.33. The van der Waals surface area contributed by atoms with Crippen molar-refractivity contribution in [2.24, 2.45) is 5.41 Å². The first-order valence-corrected chi connectivity index (χ1v) is 13.3. The summed E-state index contributed by atoms with van der Waals surface area (Å²) < 4.78 is 46.7. The molecule has 7 heteroatoms. The van der Waals surface area contributed by atoms with E-state index in [0.717, 1.165) is 65.9 Å². The molecule has 0 amide bonds. The van der Waals surface area contributed by atoms with Gasteiger partial charge in [-0.25, -0.2) is 0 Å². The SMILES string of the molecule is CC(C)c1nc2c(c3c1[C@H](c1ccc(C(F)(F)F)cc1)OC31CCCC1I)C([O-])CC(C)(C)C2. The number of alkyl halides is 4. The van der Waals surface area contributed by atoms with Gasteiger partial charge in [-0.3, -0.25) is 4.98 Å². The van der Waals surface area contributed by atoms with Crippen molar-refractivity contribution in [3.05, 3.63) is 63.5 Å². The first kappa shape index (κ1) is 24.5. The smallest absolute Gasteiger partial charge is 0.416 e. The Balaban J connectivity index is 1.76. The lowest BCUT2D eigenvalue weighted by Gasteiger charge is -2.43. The summed E-state index contributed by atoms with van der Waals surface area (Å²) in [4.78, 5) is 5.08. The van der Waals surface area contributed by atoms with Crippen molar-refractivity contribution in [2.75, 3.05) is 0 Å². The summed E-state index contributed by atoms with van der Waals surface area (Å²) in [5, 5.41) is 13.6. The van der Waals surface area contributed by atoms with Gasteiger partial charge in [0.15, 0.2) is 0 Å². The minimum absolute atomic E-state index is 0.0963. The van der Waals surface area contributed by atoms with Crippen LogP contribution in [0, 0.1) is 5.41 Å². The lowest BCUT2D eigenvalue weighted by Crippen LogP contribution is -2.38. The number of hydrogen-bond donors (Lipinski definition) is 0. The van der Waals surface area contributed by atoms with Crippen LogP contribution in [0.15, 0.2) is 24.3 Å². The van der Waals surface area contributed by atoms with Crippen molar-refractivity contribution < 1.29 is 23.0 Å². The highest BCUT2D eigenvalue weighted by Gasteiger charge is 2.55. The molecule has 1 aromatic heterocycles. The van der Waals surface area contributed by atoms with Gasteiger partial charge in [-0.15, -0.1) is 0 Å². The van der Waals surface area contributed by atoms with E-state index in [1.807, 2.05) is 0 Å². The largest absolute Gasteiger partial charge is 0.848 e. The van der Waals surface area contributed by atoms with Crippen molar-refractivity contribution in [3.63, 3.8) is 0 Å². The number of rotatable bonds is 2. The van der Waals surface area contributed by atoms with Crippen molar-refractivity contribution in [3.8, 4) is 0 Å². The Kier molecular flexibility index (Phi) is 5.88. The summed E-state index contributed by atoms with van der Waals surface area (Å²) in [5.74, 6) is 0.0963. The Morgan fingerprint density at radius 3 is 2.38 bits per heavy atom. The molecule has 34 heavy (non-hydrogen) atoms. The Labute approximate surface area is 212 Å². The van der Waals surface area contributed by atoms with E-state index >= 15 is 0 Å². The van der Waals surface area contributed by atoms with Gasteiger partial charge in [0.2, 0.25) is 0 Å². The first-order valence-electron chi connectivity index (χ1n) is 12.1. The zero-order valence-corrected chi connectivity index (χ0v) is 22.1. The van der Waals surface area contributed by atoms with E-state index in [2.05, 4.69) is 50.3 Å². The normalized spacial score (nSPS) is 30.1. The lowest BCUT2D eigenvalue weighted by molar-refractivity contribution is -0.434. The quantitative estimate of drug-likeness (QED) is 0.285. The van der Waals surface area contributed by atoms with Gasteiger partial charge >= 0.3 is 6.18 Å². The maximum absolute atomic E-state index is 13.6. The number of benzene rings is 1. The summed E-state index contributed by atoms with van der Waals surface area (Å²) >= 11 is 2.45. The zero-order valence-electron chi connectivity index (χ0n) is 19.9. The van der Waals surface area contributed by atoms with Gasteiger partial charge in [-0.05, 0) is 65.8 Å². The van der Waals surface area contributed by atoms with Gasteiger partial charge in [0, 0.05) is 20.9 Å². The second-order valence-corrected chi connectivity index (χ2v) is 12.7. The van der Waals surface area contributed by atoms with Gasteiger partial charge in [-0.1, -0.05) is 74.9 Å². The van der Waals surface area contributed by atoms with Crippen LogP contribution in [0.25, 0.3) is 0 Å². The fourth-order valence-corrected chi connectivity index (χ4v) is 7.42. The number of hydrogen-bond acceptors (Lipinski definition) is 3. The Bertz CT molecular complexity index is 1110. The number of pyridine rings is 1. The Morgan fingerprint density at radius 2 is 1.82 bits per heavy atom. The minimum Gasteiger partial charge on any atom is -0.848 e. The maximum Gasteiger partial charge on any atom is 0.416 e. The molecule has 1 aromatic carbocycles. The molecule has 3 nitrogen and oxygen atoms in total. The van der Waals surface area contributed by atoms with Gasteiger partial charge in [0.1, 0.15) is 11.7 Å². The molecular formula is C27H30F3INO2-. The molecule has 1 fully saturated rings. The number of aromatic nitrogens is 1. The van der Waals surface area contributed by atoms with E-state index in [0.29, 0.717) is 12.0 Å². The van der Waals surface area contributed by atoms with Gasteiger partial charge in [-0.2, -0.15) is 13.2 Å². The highest BCUT2D eigenvalue weighted by molar-refractivity contribution is 14.1. The van der Waals surface area contributed by atoms with E-state index < -0.39 is 29.5 Å². The highest BCUT2D eigenvalue weighted by Crippen LogP contribution is 2.60. The van der Waals surface area contributed by atoms with Crippen molar-refractivity contribution in [1.29, 1.82) is 0 Å². The fourth-order valence-electron chi connectivity index (χ4n) is 6.21. The molecule has 3 aliphatic rings. The molecule has 2 heterocycles. The van der Waals surface area contributed by atoms with Crippen LogP contribution in [-0.2, 0) is 22.9 Å². The highest BCUT2D eigenvalue weighted by atomic mass is 127. The molecule has 3 unspecified atom stereocenters. The van der Waals surface area contributed by atoms with Gasteiger partial charge < -0.3 is 9.84 Å². The molecule has 1 aliphatic heterocycles. The van der Waals surface area contributed by atoms with Crippen LogP contribution in [0.4, 0.5) is 13.2 Å². The molecule has 1 saturated carbocycles. The van der Waals surface area contributed by atoms with Crippen LogP contribution in [0.1, 0.15) is 111 Å². The topological polar surface area (TPSA) is 45.2 Å². The molecule has 1 spiro atoms. The Hall–Kier alpha value is -1.19. The molecule has 2 aliphatic carbocycles. The van der Waals surface area contributed by atoms with Crippen LogP contribution < -0.4 is 5.11 Å². The van der Waals surface area contributed by atoms with Crippen LogP contribution in [0.5, 0.6) is 0 Å². The summed E-state index contributed by atoms with van der Waals surface area (Å²) in [6, 6.07) is 5.29. The molecule has 0 saturated heterocycles. The maximum atomic E-state index is 13.6. The van der Waals surface area contributed by atoms with E-state index in [-0.39, 0.29) is 15.3 Å². The van der Waals surface area contributed by atoms with Crippen LogP contribution in [-0.4, -0.2) is 8.91 Å². The second kappa shape index (κ2) is 8.17. The first-order chi connectivity index (χ1) is 15.8. The average Bonchev–Trinajstić information content (AvgIpc) is 3.27. The molecule has 184 valence electrons. The number of ether oxygens (including phenoxy) is 1. The third kappa shape index (κ3) is 3.81. The van der Waals surface area contributed by atoms with Crippen LogP contribution in [0.2, 0.25) is 0 Å². The Morgan fingerprint density at radius 1 is 1.15 bits per heavy atom. The standard InChI is InChI=1S/C27H30F3INO2/c1-14(2)23-21-22(20-17(32-23)12-25(3,4)13-18(20)33)26(11-5-6-19(26)31)34-24(21)15-7-9-16(10-8-15)27(28,29)30/h7-10,14,18-19,24H,5-6,11-13H2,1-4H3/q-1/t18?,19?,24-,26?/m0/s1. The van der Waals surface area contributed by atoms with E-state index in [1.54, 1.807) is 0 Å². The number of nitrogens with zero attached hydrogens (tertiary/aromatic N) is 1. The average molecular weight is 584 g/mol. The predicted molar refractivity (Wildman–Crippen MR) is 131 cm³/mol. The number of fused-ring (bicyclic) bond motifs is 4. The van der Waals surface area contributed by atoms with Gasteiger partial charge in [0.25, 0.3) is 0 Å². The zero-order chi connectivity index (χ0) is 24.6. The van der Waals surface area contributed by atoms with Crippen molar-refractivity contribution in [1.82, 2.24) is 4.98 Å². The third-order valence-electron chi connectivity index (χ3n) is 7.70. The summed E-state index contributed by atoms with van der Waals surface area (Å²) in [6.07, 6.45) is -1.70. The molecule has 0 radical (unpaired) electrons. The molecule has 2 aromatic rings. The molecule has 4 atom stereocenters. The molecular weight excluding hydrogens is 554 g/mol. The second-order valence-electron chi connectivity index (χ2n) is 11.2. The minimum atomic E-state index is -4.39. The number of halogens is 4. The van der Waals surface area contributed by atoms with Gasteiger partial charge in [0.05, 0.1) is 5.56 Å². The van der Waals surface area contributed by atoms with Crippen molar-refractivity contribution in [2.45, 2.75) is 93.6 Å².